The molecule has 16 heavy (non-hydrogen) atoms. The number of ketones is 1. The summed E-state index contributed by atoms with van der Waals surface area (Å²) in [5.74, 6) is 1.13. The maximum Gasteiger partial charge on any atom is 0.137 e. The Labute approximate surface area is 97.0 Å². The van der Waals surface area contributed by atoms with Crippen LogP contribution >= 0.6 is 0 Å². The van der Waals surface area contributed by atoms with Gasteiger partial charge in [0.15, 0.2) is 0 Å². The molecule has 0 saturated heterocycles. The van der Waals surface area contributed by atoms with Crippen LogP contribution in [-0.2, 0) is 10.2 Å². The van der Waals surface area contributed by atoms with Crippen molar-refractivity contribution in [1.82, 2.24) is 0 Å². The Morgan fingerprint density at radius 3 is 2.69 bits per heavy atom. The van der Waals surface area contributed by atoms with Gasteiger partial charge in [-0.25, -0.2) is 0 Å². The molecule has 0 bridgehead atoms. The SMILES string of the molecule is CC1CCC(C(C)(C)c2ccoc2)C(=O)C1. The minimum atomic E-state index is -0.0930. The minimum absolute atomic E-state index is 0.0930. The third-order valence-electron chi connectivity index (χ3n) is 4.02. The number of rotatable bonds is 2. The summed E-state index contributed by atoms with van der Waals surface area (Å²) in [6.07, 6.45) is 6.38. The fourth-order valence-electron chi connectivity index (χ4n) is 2.80. The van der Waals surface area contributed by atoms with Gasteiger partial charge in [0, 0.05) is 17.8 Å². The lowest BCUT2D eigenvalue weighted by atomic mass is 9.66. The lowest BCUT2D eigenvalue weighted by Crippen LogP contribution is -2.38. The molecule has 1 fully saturated rings. The van der Waals surface area contributed by atoms with E-state index < -0.39 is 0 Å². The topological polar surface area (TPSA) is 30.2 Å². The number of hydrogen-bond acceptors (Lipinski definition) is 2. The van der Waals surface area contributed by atoms with Crippen LogP contribution in [-0.4, -0.2) is 5.78 Å². The molecular weight excluding hydrogens is 200 g/mol. The summed E-state index contributed by atoms with van der Waals surface area (Å²) >= 11 is 0. The van der Waals surface area contributed by atoms with E-state index in [1.807, 2.05) is 6.07 Å². The largest absolute Gasteiger partial charge is 0.472 e. The molecule has 1 aliphatic rings. The quantitative estimate of drug-likeness (QED) is 0.762. The van der Waals surface area contributed by atoms with Crippen molar-refractivity contribution in [3.63, 3.8) is 0 Å². The van der Waals surface area contributed by atoms with Gasteiger partial charge in [0.2, 0.25) is 0 Å². The van der Waals surface area contributed by atoms with Gasteiger partial charge in [-0.2, -0.15) is 0 Å². The van der Waals surface area contributed by atoms with Gasteiger partial charge in [0.25, 0.3) is 0 Å². The van der Waals surface area contributed by atoms with Crippen molar-refractivity contribution in [3.05, 3.63) is 24.2 Å². The summed E-state index contributed by atoms with van der Waals surface area (Å²) in [6, 6.07) is 1.98. The zero-order valence-electron chi connectivity index (χ0n) is 10.3. The van der Waals surface area contributed by atoms with Crippen LogP contribution in [0.3, 0.4) is 0 Å². The van der Waals surface area contributed by atoms with E-state index in [0.29, 0.717) is 11.7 Å². The van der Waals surface area contributed by atoms with Crippen molar-refractivity contribution in [2.45, 2.75) is 45.4 Å². The van der Waals surface area contributed by atoms with E-state index in [2.05, 4.69) is 20.8 Å². The summed E-state index contributed by atoms with van der Waals surface area (Å²) in [7, 11) is 0. The number of carbonyl (C=O) groups is 1. The molecule has 1 aromatic rings. The van der Waals surface area contributed by atoms with E-state index in [0.717, 1.165) is 24.8 Å². The average Bonchev–Trinajstić information content (AvgIpc) is 2.69. The molecule has 0 aliphatic heterocycles. The summed E-state index contributed by atoms with van der Waals surface area (Å²) in [6.45, 7) is 6.46. The predicted molar refractivity (Wildman–Crippen MR) is 63.2 cm³/mol. The first kappa shape index (κ1) is 11.4. The minimum Gasteiger partial charge on any atom is -0.472 e. The van der Waals surface area contributed by atoms with Gasteiger partial charge in [0.1, 0.15) is 5.78 Å². The summed E-state index contributed by atoms with van der Waals surface area (Å²) in [5, 5.41) is 0. The Balaban J connectivity index is 2.21. The van der Waals surface area contributed by atoms with Gasteiger partial charge < -0.3 is 4.42 Å². The number of furan rings is 1. The van der Waals surface area contributed by atoms with Crippen molar-refractivity contribution < 1.29 is 9.21 Å². The molecule has 2 atom stereocenters. The van der Waals surface area contributed by atoms with Crippen LogP contribution in [0, 0.1) is 11.8 Å². The molecule has 88 valence electrons. The molecule has 2 heteroatoms. The molecule has 0 N–H and O–H groups in total. The second-order valence-electron chi connectivity index (χ2n) is 5.64. The molecule has 2 rings (SSSR count). The average molecular weight is 220 g/mol. The standard InChI is InChI=1S/C14H20O2/c1-10-4-5-12(13(15)8-10)14(2,3)11-6-7-16-9-11/h6-7,9-10,12H,4-5,8H2,1-3H3. The number of Topliss-reactive ketones (excluding diaryl/α,β-unsaturated/α-hetero) is 1. The van der Waals surface area contributed by atoms with Gasteiger partial charge in [-0.1, -0.05) is 20.8 Å². The Morgan fingerprint density at radius 2 is 2.12 bits per heavy atom. The fourth-order valence-corrected chi connectivity index (χ4v) is 2.80. The normalized spacial score (nSPS) is 27.1. The van der Waals surface area contributed by atoms with Crippen molar-refractivity contribution in [2.24, 2.45) is 11.8 Å². The summed E-state index contributed by atoms with van der Waals surface area (Å²) in [5.41, 5.74) is 1.05. The maximum absolute atomic E-state index is 12.1. The Kier molecular flexibility index (Phi) is 2.92. The van der Waals surface area contributed by atoms with Crippen LogP contribution in [0.2, 0.25) is 0 Å². The van der Waals surface area contributed by atoms with Crippen LogP contribution in [0.5, 0.6) is 0 Å². The van der Waals surface area contributed by atoms with Gasteiger partial charge in [-0.05, 0) is 30.4 Å². The highest BCUT2D eigenvalue weighted by Gasteiger charge is 2.39. The monoisotopic (exact) mass is 220 g/mol. The van der Waals surface area contributed by atoms with Gasteiger partial charge in [-0.3, -0.25) is 4.79 Å². The molecule has 2 unspecified atom stereocenters. The maximum atomic E-state index is 12.1. The predicted octanol–water partition coefficient (Wildman–Crippen LogP) is 3.56. The Bertz CT molecular complexity index is 362. The zero-order valence-corrected chi connectivity index (χ0v) is 10.3. The third-order valence-corrected chi connectivity index (χ3v) is 4.02. The van der Waals surface area contributed by atoms with Crippen LogP contribution in [0.15, 0.2) is 23.0 Å². The van der Waals surface area contributed by atoms with E-state index >= 15 is 0 Å². The van der Waals surface area contributed by atoms with Gasteiger partial charge in [-0.15, -0.1) is 0 Å². The van der Waals surface area contributed by atoms with Gasteiger partial charge in [0.05, 0.1) is 12.5 Å². The molecule has 1 aliphatic carbocycles. The third kappa shape index (κ3) is 1.93. The molecule has 0 aromatic carbocycles. The van der Waals surface area contributed by atoms with Crippen molar-refractivity contribution in [2.75, 3.05) is 0 Å². The van der Waals surface area contributed by atoms with Crippen LogP contribution < -0.4 is 0 Å². The first-order valence-electron chi connectivity index (χ1n) is 6.07. The Hall–Kier alpha value is -1.05. The van der Waals surface area contributed by atoms with E-state index in [9.17, 15) is 4.79 Å². The van der Waals surface area contributed by atoms with E-state index in [1.165, 1.54) is 0 Å². The first-order valence-corrected chi connectivity index (χ1v) is 6.07. The highest BCUT2D eigenvalue weighted by Crippen LogP contribution is 2.40. The molecule has 0 spiro atoms. The van der Waals surface area contributed by atoms with Crippen LogP contribution in [0.4, 0.5) is 0 Å². The highest BCUT2D eigenvalue weighted by atomic mass is 16.3. The molecule has 0 amide bonds. The van der Waals surface area contributed by atoms with Crippen LogP contribution in [0.1, 0.15) is 45.6 Å². The van der Waals surface area contributed by atoms with Crippen LogP contribution in [0.25, 0.3) is 0 Å². The first-order chi connectivity index (χ1) is 7.51. The number of hydrogen-bond donors (Lipinski definition) is 0. The summed E-state index contributed by atoms with van der Waals surface area (Å²) < 4.78 is 5.14. The smallest absolute Gasteiger partial charge is 0.137 e. The highest BCUT2D eigenvalue weighted by molar-refractivity contribution is 5.83. The molecule has 2 nitrogen and oxygen atoms in total. The molecule has 1 aromatic heterocycles. The van der Waals surface area contributed by atoms with E-state index in [1.54, 1.807) is 12.5 Å². The van der Waals surface area contributed by atoms with E-state index in [4.69, 9.17) is 4.42 Å². The number of carbonyl (C=O) groups excluding carboxylic acids is 1. The Morgan fingerprint density at radius 1 is 1.38 bits per heavy atom. The van der Waals surface area contributed by atoms with Crippen molar-refractivity contribution in [3.8, 4) is 0 Å². The molecule has 1 heterocycles. The zero-order chi connectivity index (χ0) is 11.8. The second-order valence-corrected chi connectivity index (χ2v) is 5.64. The lowest BCUT2D eigenvalue weighted by molar-refractivity contribution is -0.128. The molecular formula is C14H20O2. The van der Waals surface area contributed by atoms with E-state index in [-0.39, 0.29) is 11.3 Å². The van der Waals surface area contributed by atoms with Crippen molar-refractivity contribution in [1.29, 1.82) is 0 Å². The molecule has 1 saturated carbocycles. The van der Waals surface area contributed by atoms with Crippen molar-refractivity contribution >= 4 is 5.78 Å². The second kappa shape index (κ2) is 4.08. The fraction of sp³-hybridized carbons (Fsp3) is 0.643. The van der Waals surface area contributed by atoms with Gasteiger partial charge >= 0.3 is 0 Å². The lowest BCUT2D eigenvalue weighted by Gasteiger charge is -2.36. The summed E-state index contributed by atoms with van der Waals surface area (Å²) in [4.78, 5) is 12.1. The molecule has 0 radical (unpaired) electrons.